The lowest BCUT2D eigenvalue weighted by Crippen LogP contribution is -2.50. The van der Waals surface area contributed by atoms with E-state index in [1.165, 1.54) is 0 Å². The van der Waals surface area contributed by atoms with E-state index in [9.17, 15) is 4.79 Å². The lowest BCUT2D eigenvalue weighted by molar-refractivity contribution is -0.00708. The number of ether oxygens (including phenoxy) is 1. The van der Waals surface area contributed by atoms with Gasteiger partial charge in [-0.2, -0.15) is 5.10 Å². The third-order valence-corrected chi connectivity index (χ3v) is 4.53. The van der Waals surface area contributed by atoms with E-state index < -0.39 is 0 Å². The van der Waals surface area contributed by atoms with Crippen LogP contribution in [0.3, 0.4) is 0 Å². The van der Waals surface area contributed by atoms with Crippen molar-refractivity contribution in [2.45, 2.75) is 38.5 Å². The number of aromatic amines is 1. The van der Waals surface area contributed by atoms with E-state index in [0.29, 0.717) is 24.8 Å². The number of imidazole rings is 1. The van der Waals surface area contributed by atoms with Gasteiger partial charge in [0, 0.05) is 37.5 Å². The smallest absolute Gasteiger partial charge is 0.274 e. The zero-order chi connectivity index (χ0) is 15.3. The highest BCUT2D eigenvalue weighted by Gasteiger charge is 2.36. The van der Waals surface area contributed by atoms with Gasteiger partial charge >= 0.3 is 0 Å². The summed E-state index contributed by atoms with van der Waals surface area (Å²) in [5.74, 6) is 0.00941. The zero-order valence-electron chi connectivity index (χ0n) is 12.7. The third kappa shape index (κ3) is 2.04. The highest BCUT2D eigenvalue weighted by Crippen LogP contribution is 2.32. The van der Waals surface area contributed by atoms with Crippen LogP contribution >= 0.6 is 0 Å². The van der Waals surface area contributed by atoms with Crippen LogP contribution in [0.2, 0.25) is 0 Å². The Morgan fingerprint density at radius 2 is 2.23 bits per heavy atom. The van der Waals surface area contributed by atoms with Crippen molar-refractivity contribution in [3.05, 3.63) is 35.7 Å². The quantitative estimate of drug-likeness (QED) is 0.908. The van der Waals surface area contributed by atoms with Gasteiger partial charge in [0.15, 0.2) is 5.69 Å². The average Bonchev–Trinajstić information content (AvgIpc) is 3.05. The van der Waals surface area contributed by atoms with Crippen molar-refractivity contribution in [1.82, 2.24) is 24.6 Å². The number of amides is 1. The number of fused-ring (bicyclic) bond motifs is 1. The van der Waals surface area contributed by atoms with E-state index in [1.54, 1.807) is 12.5 Å². The summed E-state index contributed by atoms with van der Waals surface area (Å²) in [4.78, 5) is 18.6. The van der Waals surface area contributed by atoms with Crippen LogP contribution in [0.15, 0.2) is 18.7 Å². The number of aromatic nitrogens is 4. The first-order valence-electron chi connectivity index (χ1n) is 7.62. The van der Waals surface area contributed by atoms with Gasteiger partial charge in [-0.15, -0.1) is 0 Å². The Labute approximate surface area is 128 Å². The number of nitrogens with zero attached hydrogens (tertiary/aromatic N) is 4. The second-order valence-electron chi connectivity index (χ2n) is 6.13. The molecule has 4 rings (SSSR count). The van der Waals surface area contributed by atoms with Crippen molar-refractivity contribution in [2.75, 3.05) is 13.1 Å². The van der Waals surface area contributed by atoms with Crippen LogP contribution in [0.25, 0.3) is 0 Å². The van der Waals surface area contributed by atoms with E-state index in [2.05, 4.69) is 15.2 Å². The summed E-state index contributed by atoms with van der Waals surface area (Å²) in [5, 5.41) is 7.24. The molecule has 0 saturated carbocycles. The van der Waals surface area contributed by atoms with Gasteiger partial charge in [0.25, 0.3) is 5.91 Å². The Kier molecular flexibility index (Phi) is 3.04. The van der Waals surface area contributed by atoms with Gasteiger partial charge in [0.1, 0.15) is 0 Å². The van der Waals surface area contributed by atoms with Gasteiger partial charge in [0.05, 0.1) is 30.3 Å². The topological polar surface area (TPSA) is 76.0 Å². The van der Waals surface area contributed by atoms with E-state index in [4.69, 9.17) is 4.74 Å². The molecule has 2 aliphatic rings. The minimum absolute atomic E-state index is 0.00941. The molecule has 22 heavy (non-hydrogen) atoms. The number of carbonyl (C=O) groups excluding carboxylic acids is 1. The van der Waals surface area contributed by atoms with Gasteiger partial charge < -0.3 is 14.2 Å². The lowest BCUT2D eigenvalue weighted by Gasteiger charge is -2.39. The normalized spacial score (nSPS) is 24.9. The first kappa shape index (κ1) is 13.5. The summed E-state index contributed by atoms with van der Waals surface area (Å²) in [6.07, 6.45) is 6.30. The second-order valence-corrected chi connectivity index (χ2v) is 6.13. The lowest BCUT2D eigenvalue weighted by atomic mass is 9.98. The summed E-state index contributed by atoms with van der Waals surface area (Å²) < 4.78 is 7.81. The van der Waals surface area contributed by atoms with Gasteiger partial charge in [0.2, 0.25) is 0 Å². The van der Waals surface area contributed by atoms with Crippen LogP contribution in [0.4, 0.5) is 0 Å². The summed E-state index contributed by atoms with van der Waals surface area (Å²) in [7, 11) is 0. The van der Waals surface area contributed by atoms with Crippen molar-refractivity contribution in [2.24, 2.45) is 0 Å². The number of carbonyl (C=O) groups is 1. The third-order valence-electron chi connectivity index (χ3n) is 4.53. The summed E-state index contributed by atoms with van der Waals surface area (Å²) in [6.45, 7) is 5.43. The highest BCUT2D eigenvalue weighted by molar-refractivity contribution is 5.94. The monoisotopic (exact) mass is 301 g/mol. The summed E-state index contributed by atoms with van der Waals surface area (Å²) in [5.41, 5.74) is 2.51. The molecular weight excluding hydrogens is 282 g/mol. The number of likely N-dealkylation sites (tertiary alicyclic amines) is 1. The number of hydrogen-bond acceptors (Lipinski definition) is 4. The van der Waals surface area contributed by atoms with Gasteiger partial charge in [-0.1, -0.05) is 0 Å². The molecule has 2 atom stereocenters. The first-order chi connectivity index (χ1) is 10.6. The SMILES string of the molecule is C[C@@H]1Cc2c(C(=O)N3CC(n4ccnc4)C3)n[nH]c2[C@H](C)O1. The first-order valence-corrected chi connectivity index (χ1v) is 7.62. The Morgan fingerprint density at radius 1 is 1.41 bits per heavy atom. The molecule has 1 amide bonds. The fourth-order valence-electron chi connectivity index (χ4n) is 3.30. The standard InChI is InChI=1S/C15H19N5O2/c1-9-5-12-13(10(2)22-9)17-18-14(12)15(21)20-6-11(7-20)19-4-3-16-8-19/h3-4,8-11H,5-7H2,1-2H3,(H,17,18)/t9-,10+/m1/s1. The van der Waals surface area contributed by atoms with Crippen molar-refractivity contribution in [3.8, 4) is 0 Å². The molecule has 0 unspecified atom stereocenters. The maximum absolute atomic E-state index is 12.7. The van der Waals surface area contributed by atoms with Gasteiger partial charge in [-0.25, -0.2) is 4.98 Å². The fraction of sp³-hybridized carbons (Fsp3) is 0.533. The van der Waals surface area contributed by atoms with Crippen LogP contribution in [-0.2, 0) is 11.2 Å². The molecule has 0 radical (unpaired) electrons. The fourth-order valence-corrected chi connectivity index (χ4v) is 3.30. The van der Waals surface area contributed by atoms with Gasteiger partial charge in [-0.3, -0.25) is 9.89 Å². The minimum Gasteiger partial charge on any atom is -0.369 e. The number of hydrogen-bond donors (Lipinski definition) is 1. The molecule has 0 spiro atoms. The van der Waals surface area contributed by atoms with Crippen LogP contribution in [0.1, 0.15) is 47.7 Å². The summed E-state index contributed by atoms with van der Waals surface area (Å²) >= 11 is 0. The van der Waals surface area contributed by atoms with Gasteiger partial charge in [-0.05, 0) is 13.8 Å². The molecule has 2 aromatic heterocycles. The number of H-pyrrole nitrogens is 1. The second kappa shape index (κ2) is 4.95. The molecule has 7 heteroatoms. The van der Waals surface area contributed by atoms with Crippen LogP contribution in [0.5, 0.6) is 0 Å². The van der Waals surface area contributed by atoms with Crippen LogP contribution < -0.4 is 0 Å². The molecule has 1 saturated heterocycles. The Morgan fingerprint density at radius 3 is 2.95 bits per heavy atom. The molecule has 2 aliphatic heterocycles. The van der Waals surface area contributed by atoms with Crippen molar-refractivity contribution >= 4 is 5.91 Å². The maximum Gasteiger partial charge on any atom is 0.274 e. The molecule has 2 aromatic rings. The maximum atomic E-state index is 12.7. The molecule has 1 fully saturated rings. The van der Waals surface area contributed by atoms with E-state index in [0.717, 1.165) is 17.7 Å². The molecule has 1 N–H and O–H groups in total. The molecule has 0 aliphatic carbocycles. The summed E-state index contributed by atoms with van der Waals surface area (Å²) in [6, 6.07) is 0.322. The Bertz CT molecular complexity index is 687. The predicted molar refractivity (Wildman–Crippen MR) is 78.4 cm³/mol. The van der Waals surface area contributed by atoms with Crippen molar-refractivity contribution in [1.29, 1.82) is 0 Å². The molecular formula is C15H19N5O2. The Hall–Kier alpha value is -2.15. The molecule has 0 aromatic carbocycles. The molecule has 0 bridgehead atoms. The number of rotatable bonds is 2. The molecule has 4 heterocycles. The van der Waals surface area contributed by atoms with E-state index in [1.807, 2.05) is 29.5 Å². The minimum atomic E-state index is -0.0390. The largest absolute Gasteiger partial charge is 0.369 e. The number of nitrogens with one attached hydrogen (secondary N) is 1. The predicted octanol–water partition coefficient (Wildman–Crippen LogP) is 1.33. The van der Waals surface area contributed by atoms with Crippen molar-refractivity contribution in [3.63, 3.8) is 0 Å². The van der Waals surface area contributed by atoms with Crippen LogP contribution in [0, 0.1) is 0 Å². The molecule has 116 valence electrons. The average molecular weight is 301 g/mol. The Balaban J connectivity index is 1.51. The van der Waals surface area contributed by atoms with E-state index in [-0.39, 0.29) is 18.1 Å². The molecule has 7 nitrogen and oxygen atoms in total. The van der Waals surface area contributed by atoms with Crippen LogP contribution in [-0.4, -0.2) is 49.7 Å². The van der Waals surface area contributed by atoms with E-state index >= 15 is 0 Å². The van der Waals surface area contributed by atoms with Crippen molar-refractivity contribution < 1.29 is 9.53 Å². The zero-order valence-corrected chi connectivity index (χ0v) is 12.7. The highest BCUT2D eigenvalue weighted by atomic mass is 16.5.